The van der Waals surface area contributed by atoms with E-state index in [0.717, 1.165) is 4.31 Å². The highest BCUT2D eigenvalue weighted by atomic mass is 32.2. The van der Waals surface area contributed by atoms with E-state index in [4.69, 9.17) is 4.74 Å². The number of hydrogen-bond acceptors (Lipinski definition) is 5. The zero-order valence-corrected chi connectivity index (χ0v) is 15.3. The van der Waals surface area contributed by atoms with Crippen LogP contribution < -0.4 is 10.1 Å². The fourth-order valence-electron chi connectivity index (χ4n) is 2.07. The predicted molar refractivity (Wildman–Crippen MR) is 93.6 cm³/mol. The van der Waals surface area contributed by atoms with Crippen LogP contribution in [0.15, 0.2) is 40.4 Å². The minimum atomic E-state index is -4.03. The van der Waals surface area contributed by atoms with Crippen molar-refractivity contribution in [3.8, 4) is 5.75 Å². The van der Waals surface area contributed by atoms with E-state index in [2.05, 4.69) is 9.71 Å². The molecule has 0 spiro atoms. The lowest BCUT2D eigenvalue weighted by Crippen LogP contribution is -2.49. The summed E-state index contributed by atoms with van der Waals surface area (Å²) >= 11 is 0. The lowest BCUT2D eigenvalue weighted by molar-refractivity contribution is -0.120. The van der Waals surface area contributed by atoms with Crippen LogP contribution in [-0.4, -0.2) is 55.8 Å². The van der Waals surface area contributed by atoms with Crippen molar-refractivity contribution in [1.29, 1.82) is 0 Å². The summed E-state index contributed by atoms with van der Waals surface area (Å²) in [5.74, 6) is -0.00203. The number of amides is 1. The van der Waals surface area contributed by atoms with Gasteiger partial charge in [0.1, 0.15) is 11.4 Å². The number of ether oxygens (including phenoxy) is 1. The Balaban J connectivity index is 2.43. The third-order valence-electron chi connectivity index (χ3n) is 3.64. The minimum absolute atomic E-state index is 0.0812. The van der Waals surface area contributed by atoms with Crippen molar-refractivity contribution in [1.82, 2.24) is 9.62 Å². The number of likely N-dealkylation sites (N-methyl/N-ethyl adjacent to an activating group) is 1. The smallest absolute Gasteiger partial charge is 0.345 e. The third-order valence-corrected chi connectivity index (χ3v) is 4.95. The number of hydrogen-bond donors (Lipinski definition) is 2. The highest BCUT2D eigenvalue weighted by Gasteiger charge is 2.32. The minimum Gasteiger partial charge on any atom is -0.497 e. The molecule has 0 saturated heterocycles. The van der Waals surface area contributed by atoms with Gasteiger partial charge in [0.15, 0.2) is 0 Å². The van der Waals surface area contributed by atoms with E-state index in [1.807, 2.05) is 0 Å². The van der Waals surface area contributed by atoms with Gasteiger partial charge < -0.3 is 15.2 Å². The van der Waals surface area contributed by atoms with Crippen LogP contribution >= 0.6 is 0 Å². The molecule has 0 atom stereocenters. The normalized spacial score (nSPS) is 16.8. The number of rotatable bonds is 5. The van der Waals surface area contributed by atoms with Gasteiger partial charge in [0.25, 0.3) is 5.91 Å². The molecule has 1 aliphatic rings. The first-order valence-corrected chi connectivity index (χ1v) is 8.87. The topological polar surface area (TPSA) is 108 Å². The molecule has 9 heteroatoms. The molecule has 0 unspecified atom stereocenters. The first-order valence-electron chi connectivity index (χ1n) is 7.48. The van der Waals surface area contributed by atoms with Gasteiger partial charge in [0, 0.05) is 12.6 Å². The maximum absolute atomic E-state index is 12.5. The molecule has 136 valence electrons. The summed E-state index contributed by atoms with van der Waals surface area (Å²) < 4.78 is 34.2. The molecule has 1 aliphatic heterocycles. The van der Waals surface area contributed by atoms with Crippen LogP contribution in [0.5, 0.6) is 5.75 Å². The van der Waals surface area contributed by atoms with Crippen LogP contribution in [-0.2, 0) is 15.0 Å². The zero-order chi connectivity index (χ0) is 18.8. The molecule has 0 radical (unpaired) electrons. The molecule has 0 fully saturated rings. The number of nitrogens with zero attached hydrogens (tertiary/aromatic N) is 2. The quantitative estimate of drug-likeness (QED) is 0.785. The lowest BCUT2D eigenvalue weighted by atomic mass is 10.1. The van der Waals surface area contributed by atoms with Crippen LogP contribution in [0.2, 0.25) is 0 Å². The standard InChI is InChI=1S/C16H21N3O5S/c1-16(2,10-20)17-15(21)14-9-13(18-25(22,23)19(14)3)11-5-7-12(24-4)8-6-11/h5-9,20H,10H2,1-4H3,(H,17,21). The summed E-state index contributed by atoms with van der Waals surface area (Å²) in [5.41, 5.74) is -0.295. The number of allylic oxidation sites excluding steroid dienone is 1. The lowest BCUT2D eigenvalue weighted by Gasteiger charge is -2.28. The van der Waals surface area contributed by atoms with E-state index in [9.17, 15) is 18.3 Å². The highest BCUT2D eigenvalue weighted by Crippen LogP contribution is 2.21. The highest BCUT2D eigenvalue weighted by molar-refractivity contribution is 7.88. The van der Waals surface area contributed by atoms with E-state index in [-0.39, 0.29) is 18.0 Å². The largest absolute Gasteiger partial charge is 0.497 e. The molecule has 8 nitrogen and oxygen atoms in total. The fourth-order valence-corrected chi connectivity index (χ4v) is 2.99. The Bertz CT molecular complexity index is 826. The molecule has 1 amide bonds. The van der Waals surface area contributed by atoms with Gasteiger partial charge >= 0.3 is 10.2 Å². The predicted octanol–water partition coefficient (Wildman–Crippen LogP) is 0.445. The van der Waals surface area contributed by atoms with Crippen molar-refractivity contribution < 1.29 is 23.1 Å². The number of aliphatic hydroxyl groups is 1. The van der Waals surface area contributed by atoms with Crippen molar-refractivity contribution in [2.45, 2.75) is 19.4 Å². The van der Waals surface area contributed by atoms with Crippen molar-refractivity contribution in [3.63, 3.8) is 0 Å². The molecule has 0 bridgehead atoms. The first kappa shape index (κ1) is 18.9. The van der Waals surface area contributed by atoms with Gasteiger partial charge in [-0.25, -0.2) is 4.31 Å². The van der Waals surface area contributed by atoms with Crippen molar-refractivity contribution in [2.75, 3.05) is 20.8 Å². The first-order chi connectivity index (χ1) is 11.6. The van der Waals surface area contributed by atoms with Gasteiger partial charge in [0.05, 0.1) is 25.0 Å². The average Bonchev–Trinajstić information content (AvgIpc) is 2.56. The zero-order valence-electron chi connectivity index (χ0n) is 14.5. The molecule has 0 aromatic heterocycles. The van der Waals surface area contributed by atoms with Crippen LogP contribution in [0, 0.1) is 0 Å². The van der Waals surface area contributed by atoms with Gasteiger partial charge in [-0.2, -0.15) is 8.42 Å². The molecule has 0 aliphatic carbocycles. The Labute approximate surface area is 147 Å². The molecular weight excluding hydrogens is 346 g/mol. The van der Waals surface area contributed by atoms with E-state index < -0.39 is 21.7 Å². The number of nitrogens with one attached hydrogen (secondary N) is 1. The summed E-state index contributed by atoms with van der Waals surface area (Å²) in [7, 11) is -1.26. The van der Waals surface area contributed by atoms with Crippen molar-refractivity contribution >= 4 is 21.8 Å². The number of aliphatic hydroxyl groups excluding tert-OH is 1. The Kier molecular flexibility index (Phi) is 5.19. The Morgan fingerprint density at radius 2 is 1.92 bits per heavy atom. The summed E-state index contributed by atoms with van der Waals surface area (Å²) in [6.07, 6.45) is 1.39. The molecular formula is C16H21N3O5S. The average molecular weight is 367 g/mol. The van der Waals surface area contributed by atoms with Crippen molar-refractivity contribution in [2.24, 2.45) is 4.40 Å². The van der Waals surface area contributed by atoms with Crippen LogP contribution in [0.25, 0.3) is 0 Å². The third kappa shape index (κ3) is 4.18. The summed E-state index contributed by atoms with van der Waals surface area (Å²) in [4.78, 5) is 12.5. The second kappa shape index (κ2) is 6.85. The maximum Gasteiger partial charge on any atom is 0.345 e. The summed E-state index contributed by atoms with van der Waals surface area (Å²) in [6, 6.07) is 6.65. The van der Waals surface area contributed by atoms with Gasteiger partial charge in [-0.1, -0.05) is 0 Å². The van der Waals surface area contributed by atoms with Crippen LogP contribution in [0.3, 0.4) is 0 Å². The molecule has 25 heavy (non-hydrogen) atoms. The number of carbonyl (C=O) groups excluding carboxylic acids is 1. The molecule has 2 rings (SSSR count). The Morgan fingerprint density at radius 3 is 2.44 bits per heavy atom. The number of carbonyl (C=O) groups is 1. The molecule has 2 N–H and O–H groups in total. The van der Waals surface area contributed by atoms with Gasteiger partial charge in [-0.05, 0) is 44.2 Å². The van der Waals surface area contributed by atoms with E-state index >= 15 is 0 Å². The number of benzene rings is 1. The SMILES string of the molecule is COc1ccc(C2=NS(=O)(=O)N(C)C(C(=O)NC(C)(C)CO)=C2)cc1. The molecule has 1 aromatic rings. The Hall–Kier alpha value is -2.39. The van der Waals surface area contributed by atoms with E-state index in [0.29, 0.717) is 11.3 Å². The summed E-state index contributed by atoms with van der Waals surface area (Å²) in [5, 5.41) is 11.9. The van der Waals surface area contributed by atoms with Crippen LogP contribution in [0.4, 0.5) is 0 Å². The summed E-state index contributed by atoms with van der Waals surface area (Å²) in [6.45, 7) is 2.96. The van der Waals surface area contributed by atoms with Crippen molar-refractivity contribution in [3.05, 3.63) is 41.6 Å². The molecule has 1 heterocycles. The molecule has 0 saturated carbocycles. The van der Waals surface area contributed by atoms with Gasteiger partial charge in [-0.3, -0.25) is 4.79 Å². The van der Waals surface area contributed by atoms with Crippen LogP contribution in [0.1, 0.15) is 19.4 Å². The monoisotopic (exact) mass is 367 g/mol. The second-order valence-electron chi connectivity index (χ2n) is 6.18. The Morgan fingerprint density at radius 1 is 1.32 bits per heavy atom. The van der Waals surface area contributed by atoms with Gasteiger partial charge in [-0.15, -0.1) is 4.40 Å². The maximum atomic E-state index is 12.5. The fraction of sp³-hybridized carbons (Fsp3) is 0.375. The van der Waals surface area contributed by atoms with E-state index in [1.54, 1.807) is 38.1 Å². The molecule has 1 aromatic carbocycles. The van der Waals surface area contributed by atoms with Gasteiger partial charge in [0.2, 0.25) is 0 Å². The number of methoxy groups -OCH3 is 1. The second-order valence-corrected chi connectivity index (χ2v) is 7.80. The van der Waals surface area contributed by atoms with E-state index in [1.165, 1.54) is 20.2 Å².